The molecule has 0 aliphatic carbocycles. The van der Waals surface area contributed by atoms with Crippen molar-refractivity contribution < 1.29 is 12.8 Å². The van der Waals surface area contributed by atoms with Crippen molar-refractivity contribution in [1.82, 2.24) is 0 Å². The molecule has 1 aromatic rings. The number of sulfone groups is 1. The Bertz CT molecular complexity index is 407. The zero-order valence-electron chi connectivity index (χ0n) is 7.57. The summed E-state index contributed by atoms with van der Waals surface area (Å²) in [5.41, 5.74) is 0. The van der Waals surface area contributed by atoms with Crippen LogP contribution in [-0.4, -0.2) is 19.9 Å². The standard InChI is InChI=1S/C9H11BrO3S/c10-8-1-4-13-9(8)7-2-5-14(11,12)6-3-7/h1,4,7H,2-3,5-6H2. The minimum Gasteiger partial charge on any atom is -0.468 e. The van der Waals surface area contributed by atoms with Crippen molar-refractivity contribution in [2.24, 2.45) is 0 Å². The van der Waals surface area contributed by atoms with E-state index in [2.05, 4.69) is 15.9 Å². The molecule has 1 aliphatic rings. The maximum Gasteiger partial charge on any atom is 0.150 e. The number of halogens is 1. The lowest BCUT2D eigenvalue weighted by atomic mass is 10.0. The van der Waals surface area contributed by atoms with Crippen molar-refractivity contribution in [2.75, 3.05) is 11.5 Å². The molecule has 0 aromatic carbocycles. The molecule has 0 spiro atoms. The molecule has 0 saturated carbocycles. The van der Waals surface area contributed by atoms with Gasteiger partial charge in [0.25, 0.3) is 0 Å². The van der Waals surface area contributed by atoms with E-state index in [1.54, 1.807) is 6.26 Å². The lowest BCUT2D eigenvalue weighted by molar-refractivity contribution is 0.436. The normalized spacial score (nSPS) is 22.4. The maximum atomic E-state index is 11.2. The molecule has 1 fully saturated rings. The Morgan fingerprint density at radius 3 is 2.50 bits per heavy atom. The van der Waals surface area contributed by atoms with Crippen LogP contribution in [0.4, 0.5) is 0 Å². The van der Waals surface area contributed by atoms with Crippen molar-refractivity contribution in [3.63, 3.8) is 0 Å². The van der Waals surface area contributed by atoms with E-state index in [0.717, 1.165) is 10.2 Å². The average Bonchev–Trinajstić information content (AvgIpc) is 2.52. The highest BCUT2D eigenvalue weighted by atomic mass is 79.9. The molecular formula is C9H11BrO3S. The molecule has 1 saturated heterocycles. The summed E-state index contributed by atoms with van der Waals surface area (Å²) in [7, 11) is -2.78. The summed E-state index contributed by atoms with van der Waals surface area (Å²) in [5.74, 6) is 1.71. The Morgan fingerprint density at radius 1 is 1.36 bits per heavy atom. The fourth-order valence-corrected chi connectivity index (χ4v) is 3.77. The monoisotopic (exact) mass is 278 g/mol. The van der Waals surface area contributed by atoms with Crippen LogP contribution in [0.5, 0.6) is 0 Å². The Morgan fingerprint density at radius 2 is 2.00 bits per heavy atom. The van der Waals surface area contributed by atoms with Gasteiger partial charge in [0, 0.05) is 5.92 Å². The Kier molecular flexibility index (Phi) is 2.70. The molecule has 78 valence electrons. The molecule has 0 unspecified atom stereocenters. The fraction of sp³-hybridized carbons (Fsp3) is 0.556. The highest BCUT2D eigenvalue weighted by Crippen LogP contribution is 2.34. The van der Waals surface area contributed by atoms with E-state index in [4.69, 9.17) is 4.42 Å². The second kappa shape index (κ2) is 3.70. The third-order valence-corrected chi connectivity index (χ3v) is 4.94. The van der Waals surface area contributed by atoms with Crippen molar-refractivity contribution in [3.05, 3.63) is 22.6 Å². The molecule has 0 atom stereocenters. The fourth-order valence-electron chi connectivity index (χ4n) is 1.75. The van der Waals surface area contributed by atoms with Gasteiger partial charge in [-0.3, -0.25) is 0 Å². The Labute approximate surface area is 91.5 Å². The molecule has 2 heterocycles. The van der Waals surface area contributed by atoms with Gasteiger partial charge in [0.2, 0.25) is 0 Å². The number of rotatable bonds is 1. The second-order valence-corrected chi connectivity index (χ2v) is 6.72. The number of hydrogen-bond acceptors (Lipinski definition) is 3. The van der Waals surface area contributed by atoms with E-state index >= 15 is 0 Å². The Hall–Kier alpha value is -0.290. The molecule has 5 heteroatoms. The minimum absolute atomic E-state index is 0.253. The van der Waals surface area contributed by atoms with E-state index in [-0.39, 0.29) is 17.4 Å². The van der Waals surface area contributed by atoms with Crippen LogP contribution in [0.25, 0.3) is 0 Å². The largest absolute Gasteiger partial charge is 0.468 e. The van der Waals surface area contributed by atoms with Crippen LogP contribution in [-0.2, 0) is 9.84 Å². The zero-order chi connectivity index (χ0) is 10.2. The average molecular weight is 279 g/mol. The van der Waals surface area contributed by atoms with E-state index < -0.39 is 9.84 Å². The lowest BCUT2D eigenvalue weighted by Gasteiger charge is -2.20. The number of furan rings is 1. The number of hydrogen-bond donors (Lipinski definition) is 0. The summed E-state index contributed by atoms with van der Waals surface area (Å²) in [4.78, 5) is 0. The van der Waals surface area contributed by atoms with Crippen LogP contribution in [0, 0.1) is 0 Å². The van der Waals surface area contributed by atoms with E-state index in [1.165, 1.54) is 0 Å². The van der Waals surface area contributed by atoms with Gasteiger partial charge in [0.05, 0.1) is 22.2 Å². The predicted molar refractivity (Wildman–Crippen MR) is 57.0 cm³/mol. The highest BCUT2D eigenvalue weighted by Gasteiger charge is 2.27. The van der Waals surface area contributed by atoms with Crippen molar-refractivity contribution in [1.29, 1.82) is 0 Å². The van der Waals surface area contributed by atoms with E-state index in [1.807, 2.05) is 6.07 Å². The molecule has 1 aliphatic heterocycles. The summed E-state index contributed by atoms with van der Waals surface area (Å²) >= 11 is 3.39. The van der Waals surface area contributed by atoms with Crippen molar-refractivity contribution in [3.8, 4) is 0 Å². The van der Waals surface area contributed by atoms with Crippen molar-refractivity contribution in [2.45, 2.75) is 18.8 Å². The van der Waals surface area contributed by atoms with Crippen molar-refractivity contribution >= 4 is 25.8 Å². The molecule has 1 aromatic heterocycles. The van der Waals surface area contributed by atoms with Gasteiger partial charge in [0.15, 0.2) is 0 Å². The van der Waals surface area contributed by atoms with Gasteiger partial charge >= 0.3 is 0 Å². The van der Waals surface area contributed by atoms with Crippen LogP contribution in [0.2, 0.25) is 0 Å². The minimum atomic E-state index is -2.78. The summed E-state index contributed by atoms with van der Waals surface area (Å²) < 4.78 is 28.7. The summed E-state index contributed by atoms with van der Waals surface area (Å²) in [6.07, 6.45) is 2.98. The van der Waals surface area contributed by atoms with Gasteiger partial charge in [-0.25, -0.2) is 8.42 Å². The van der Waals surface area contributed by atoms with Crippen LogP contribution in [0.1, 0.15) is 24.5 Å². The molecular weight excluding hydrogens is 268 g/mol. The molecule has 14 heavy (non-hydrogen) atoms. The predicted octanol–water partition coefficient (Wildman–Crippen LogP) is 2.33. The molecule has 0 amide bonds. The SMILES string of the molecule is O=S1(=O)CCC(c2occc2Br)CC1. The van der Waals surface area contributed by atoms with Crippen LogP contribution in [0.15, 0.2) is 21.2 Å². The maximum absolute atomic E-state index is 11.2. The molecule has 2 rings (SSSR count). The summed E-state index contributed by atoms with van der Waals surface area (Å²) in [6, 6.07) is 1.85. The topological polar surface area (TPSA) is 47.3 Å². The van der Waals surface area contributed by atoms with Crippen LogP contribution >= 0.6 is 15.9 Å². The first kappa shape index (κ1) is 10.2. The first-order chi connectivity index (χ1) is 6.58. The van der Waals surface area contributed by atoms with E-state index in [9.17, 15) is 8.42 Å². The third-order valence-electron chi connectivity index (χ3n) is 2.57. The first-order valence-electron chi connectivity index (χ1n) is 4.52. The third kappa shape index (κ3) is 2.03. The van der Waals surface area contributed by atoms with Gasteiger partial charge in [-0.2, -0.15) is 0 Å². The van der Waals surface area contributed by atoms with Gasteiger partial charge < -0.3 is 4.42 Å². The molecule has 0 radical (unpaired) electrons. The molecule has 3 nitrogen and oxygen atoms in total. The first-order valence-corrected chi connectivity index (χ1v) is 7.13. The van der Waals surface area contributed by atoms with Gasteiger partial charge in [-0.1, -0.05) is 0 Å². The lowest BCUT2D eigenvalue weighted by Crippen LogP contribution is -2.21. The van der Waals surface area contributed by atoms with E-state index in [0.29, 0.717) is 12.8 Å². The quantitative estimate of drug-likeness (QED) is 0.792. The molecule has 0 N–H and O–H groups in total. The van der Waals surface area contributed by atoms with Gasteiger partial charge in [0.1, 0.15) is 15.6 Å². The Balaban J connectivity index is 2.13. The zero-order valence-corrected chi connectivity index (χ0v) is 9.97. The molecule has 0 bridgehead atoms. The van der Waals surface area contributed by atoms with Gasteiger partial charge in [-0.05, 0) is 34.8 Å². The van der Waals surface area contributed by atoms with Gasteiger partial charge in [-0.15, -0.1) is 0 Å². The highest BCUT2D eigenvalue weighted by molar-refractivity contribution is 9.10. The smallest absolute Gasteiger partial charge is 0.150 e. The summed E-state index contributed by atoms with van der Waals surface area (Å²) in [5, 5.41) is 0. The second-order valence-electron chi connectivity index (χ2n) is 3.56. The summed E-state index contributed by atoms with van der Waals surface area (Å²) in [6.45, 7) is 0. The van der Waals surface area contributed by atoms with Crippen LogP contribution in [0.3, 0.4) is 0 Å². The van der Waals surface area contributed by atoms with Crippen LogP contribution < -0.4 is 0 Å².